The number of carbonyl (C=O) groups excluding carboxylic acids is 1. The van der Waals surface area contributed by atoms with Crippen LogP contribution in [0.2, 0.25) is 0 Å². The SMILES string of the molecule is Nc1ccc(C(=O)Nc2ccc([N+](=O)[O-])c([N+](=O)[O-])c2)cc1. The van der Waals surface area contributed by atoms with Crippen LogP contribution in [0.5, 0.6) is 0 Å². The van der Waals surface area contributed by atoms with Gasteiger partial charge in [-0.15, -0.1) is 0 Å². The molecule has 2 rings (SSSR count). The lowest BCUT2D eigenvalue weighted by molar-refractivity contribution is -0.422. The van der Waals surface area contributed by atoms with Crippen LogP contribution < -0.4 is 11.1 Å². The fraction of sp³-hybridized carbons (Fsp3) is 0. The second kappa shape index (κ2) is 5.87. The number of nitrogens with one attached hydrogen (secondary N) is 1. The van der Waals surface area contributed by atoms with Crippen molar-refractivity contribution in [3.63, 3.8) is 0 Å². The van der Waals surface area contributed by atoms with Crippen molar-refractivity contribution in [3.8, 4) is 0 Å². The number of hydrogen-bond donors (Lipinski definition) is 2. The number of rotatable bonds is 4. The lowest BCUT2D eigenvalue weighted by atomic mass is 10.2. The minimum absolute atomic E-state index is 0.0825. The van der Waals surface area contributed by atoms with Crippen molar-refractivity contribution < 1.29 is 14.6 Å². The second-order valence-electron chi connectivity index (χ2n) is 4.29. The molecule has 0 aliphatic carbocycles. The lowest BCUT2D eigenvalue weighted by Gasteiger charge is -2.05. The quantitative estimate of drug-likeness (QED) is 0.504. The Labute approximate surface area is 123 Å². The molecule has 2 aromatic rings. The number of anilines is 2. The number of benzene rings is 2. The number of hydrogen-bond acceptors (Lipinski definition) is 6. The smallest absolute Gasteiger partial charge is 0.348 e. The van der Waals surface area contributed by atoms with E-state index in [-0.39, 0.29) is 5.69 Å². The van der Waals surface area contributed by atoms with Crippen LogP contribution in [0.15, 0.2) is 42.5 Å². The van der Waals surface area contributed by atoms with Gasteiger partial charge in [0.2, 0.25) is 0 Å². The molecule has 0 saturated carbocycles. The predicted octanol–water partition coefficient (Wildman–Crippen LogP) is 2.34. The van der Waals surface area contributed by atoms with Crippen LogP contribution in [-0.4, -0.2) is 15.8 Å². The van der Waals surface area contributed by atoms with Gasteiger partial charge in [-0.05, 0) is 30.3 Å². The fourth-order valence-electron chi connectivity index (χ4n) is 1.74. The monoisotopic (exact) mass is 302 g/mol. The van der Waals surface area contributed by atoms with Gasteiger partial charge in [0.05, 0.1) is 9.85 Å². The highest BCUT2D eigenvalue weighted by Crippen LogP contribution is 2.29. The van der Waals surface area contributed by atoms with Gasteiger partial charge in [0.15, 0.2) is 0 Å². The van der Waals surface area contributed by atoms with Crippen molar-refractivity contribution in [1.29, 1.82) is 0 Å². The summed E-state index contributed by atoms with van der Waals surface area (Å²) in [5, 5.41) is 24.0. The molecular weight excluding hydrogens is 292 g/mol. The van der Waals surface area contributed by atoms with Gasteiger partial charge in [-0.1, -0.05) is 0 Å². The van der Waals surface area contributed by atoms with Crippen LogP contribution in [0.4, 0.5) is 22.7 Å². The fourth-order valence-corrected chi connectivity index (χ4v) is 1.74. The second-order valence-corrected chi connectivity index (χ2v) is 4.29. The Bertz CT molecular complexity index is 758. The normalized spacial score (nSPS) is 10.0. The first-order valence-electron chi connectivity index (χ1n) is 5.98. The maximum Gasteiger partial charge on any atom is 0.348 e. The standard InChI is InChI=1S/C13H10N4O5/c14-9-3-1-8(2-4-9)13(18)15-10-5-6-11(16(19)20)12(7-10)17(21)22/h1-7H,14H2,(H,15,18). The molecule has 0 heterocycles. The van der Waals surface area contributed by atoms with Crippen LogP contribution in [0.25, 0.3) is 0 Å². The Kier molecular flexibility index (Phi) is 3.98. The third-order valence-corrected chi connectivity index (χ3v) is 2.80. The summed E-state index contributed by atoms with van der Waals surface area (Å²) in [6.07, 6.45) is 0. The molecule has 9 nitrogen and oxygen atoms in total. The molecular formula is C13H10N4O5. The molecule has 9 heteroatoms. The highest BCUT2D eigenvalue weighted by molar-refractivity contribution is 6.04. The number of amides is 1. The summed E-state index contributed by atoms with van der Waals surface area (Å²) in [5.74, 6) is -0.511. The Hall–Kier alpha value is -3.49. The first-order chi connectivity index (χ1) is 10.4. The van der Waals surface area contributed by atoms with Crippen molar-refractivity contribution in [2.45, 2.75) is 0 Å². The summed E-state index contributed by atoms with van der Waals surface area (Å²) in [6, 6.07) is 9.18. The van der Waals surface area contributed by atoms with Gasteiger partial charge in [-0.3, -0.25) is 25.0 Å². The molecule has 0 aliphatic heterocycles. The summed E-state index contributed by atoms with van der Waals surface area (Å²) < 4.78 is 0. The van der Waals surface area contributed by atoms with Gasteiger partial charge >= 0.3 is 11.4 Å². The van der Waals surface area contributed by atoms with E-state index < -0.39 is 27.1 Å². The first kappa shape index (κ1) is 14.9. The maximum absolute atomic E-state index is 12.0. The molecule has 0 aliphatic rings. The molecule has 112 valence electrons. The molecule has 1 amide bonds. The van der Waals surface area contributed by atoms with E-state index in [4.69, 9.17) is 5.73 Å². The molecule has 22 heavy (non-hydrogen) atoms. The summed E-state index contributed by atoms with van der Waals surface area (Å²) in [7, 11) is 0. The number of nitro groups is 2. The minimum Gasteiger partial charge on any atom is -0.399 e. The average molecular weight is 302 g/mol. The Morgan fingerprint density at radius 1 is 0.955 bits per heavy atom. The molecule has 0 saturated heterocycles. The van der Waals surface area contributed by atoms with Gasteiger partial charge in [0.1, 0.15) is 0 Å². The molecule has 0 bridgehead atoms. The number of carbonyl (C=O) groups is 1. The van der Waals surface area contributed by atoms with E-state index in [1.54, 1.807) is 0 Å². The third-order valence-electron chi connectivity index (χ3n) is 2.80. The van der Waals surface area contributed by atoms with E-state index in [0.717, 1.165) is 12.1 Å². The zero-order chi connectivity index (χ0) is 16.3. The van der Waals surface area contributed by atoms with E-state index >= 15 is 0 Å². The van der Waals surface area contributed by atoms with Crippen LogP contribution in [0.3, 0.4) is 0 Å². The topological polar surface area (TPSA) is 141 Å². The number of nitrogens with two attached hydrogens (primary N) is 1. The molecule has 3 N–H and O–H groups in total. The highest BCUT2D eigenvalue weighted by atomic mass is 16.6. The van der Waals surface area contributed by atoms with Gasteiger partial charge in [-0.25, -0.2) is 0 Å². The van der Waals surface area contributed by atoms with Gasteiger partial charge in [0.25, 0.3) is 5.91 Å². The van der Waals surface area contributed by atoms with E-state index in [0.29, 0.717) is 11.3 Å². The highest BCUT2D eigenvalue weighted by Gasteiger charge is 2.24. The van der Waals surface area contributed by atoms with Gasteiger partial charge < -0.3 is 11.1 Å². The molecule has 2 aromatic carbocycles. The predicted molar refractivity (Wildman–Crippen MR) is 78.6 cm³/mol. The molecule has 0 spiro atoms. The summed E-state index contributed by atoms with van der Waals surface area (Å²) >= 11 is 0. The summed E-state index contributed by atoms with van der Waals surface area (Å²) in [4.78, 5) is 31.8. The molecule has 0 unspecified atom stereocenters. The Morgan fingerprint density at radius 3 is 2.09 bits per heavy atom. The number of nitrogen functional groups attached to an aromatic ring is 1. The zero-order valence-corrected chi connectivity index (χ0v) is 11.1. The van der Waals surface area contributed by atoms with E-state index in [1.807, 2.05) is 0 Å². The van der Waals surface area contributed by atoms with Crippen molar-refractivity contribution in [1.82, 2.24) is 0 Å². The zero-order valence-electron chi connectivity index (χ0n) is 11.1. The molecule has 0 fully saturated rings. The largest absolute Gasteiger partial charge is 0.399 e. The van der Waals surface area contributed by atoms with E-state index in [9.17, 15) is 25.0 Å². The molecule has 0 atom stereocenters. The minimum atomic E-state index is -0.878. The Morgan fingerprint density at radius 2 is 1.55 bits per heavy atom. The lowest BCUT2D eigenvalue weighted by Crippen LogP contribution is -2.12. The molecule has 0 radical (unpaired) electrons. The van der Waals surface area contributed by atoms with Crippen molar-refractivity contribution >= 4 is 28.7 Å². The number of nitrogens with zero attached hydrogens (tertiary/aromatic N) is 2. The molecule has 0 aromatic heterocycles. The van der Waals surface area contributed by atoms with Gasteiger partial charge in [-0.2, -0.15) is 0 Å². The van der Waals surface area contributed by atoms with Crippen molar-refractivity contribution in [2.24, 2.45) is 0 Å². The van der Waals surface area contributed by atoms with Crippen LogP contribution in [0, 0.1) is 20.2 Å². The van der Waals surface area contributed by atoms with Gasteiger partial charge in [0, 0.05) is 29.1 Å². The van der Waals surface area contributed by atoms with Crippen LogP contribution in [0.1, 0.15) is 10.4 Å². The summed E-state index contributed by atoms with van der Waals surface area (Å²) in [6.45, 7) is 0. The maximum atomic E-state index is 12.0. The third kappa shape index (κ3) is 3.15. The van der Waals surface area contributed by atoms with Crippen molar-refractivity contribution in [3.05, 3.63) is 68.3 Å². The van der Waals surface area contributed by atoms with E-state index in [1.165, 1.54) is 30.3 Å². The summed E-state index contributed by atoms with van der Waals surface area (Å²) in [5.41, 5.74) is 5.04. The van der Waals surface area contributed by atoms with Crippen molar-refractivity contribution in [2.75, 3.05) is 11.1 Å². The first-order valence-corrected chi connectivity index (χ1v) is 5.98. The van der Waals surface area contributed by atoms with Crippen LogP contribution in [-0.2, 0) is 0 Å². The van der Waals surface area contributed by atoms with Crippen LogP contribution >= 0.6 is 0 Å². The Balaban J connectivity index is 2.28. The van der Waals surface area contributed by atoms with E-state index in [2.05, 4.69) is 5.32 Å². The average Bonchev–Trinajstić information content (AvgIpc) is 2.47. The number of nitro benzene ring substituents is 2.